The van der Waals surface area contributed by atoms with Crippen LogP contribution in [-0.2, 0) is 6.18 Å². The summed E-state index contributed by atoms with van der Waals surface area (Å²) in [5.74, 6) is -1.29. The predicted octanol–water partition coefficient (Wildman–Crippen LogP) is 2.58. The van der Waals surface area contributed by atoms with E-state index in [9.17, 15) is 33.0 Å². The Hall–Kier alpha value is -3.16. The van der Waals surface area contributed by atoms with E-state index in [1.807, 2.05) is 0 Å². The van der Waals surface area contributed by atoms with Crippen molar-refractivity contribution >= 4 is 39.0 Å². The monoisotopic (exact) mass is 497 g/mol. The first-order chi connectivity index (χ1) is 16.0. The van der Waals surface area contributed by atoms with Crippen molar-refractivity contribution in [1.29, 1.82) is 0 Å². The number of H-pyrrole nitrogens is 1. The fraction of sp³-hybridized carbons (Fsp3) is 0.381. The molecule has 1 saturated heterocycles. The van der Waals surface area contributed by atoms with Crippen molar-refractivity contribution in [2.24, 2.45) is 0 Å². The summed E-state index contributed by atoms with van der Waals surface area (Å²) in [7, 11) is 0. The van der Waals surface area contributed by atoms with E-state index in [1.54, 1.807) is 17.0 Å². The third-order valence-corrected chi connectivity index (χ3v) is 6.84. The number of nitrogens with two attached hydrogens (primary N) is 1. The molecule has 1 unspecified atom stereocenters. The van der Waals surface area contributed by atoms with Crippen LogP contribution in [0, 0.1) is 0 Å². The SMILES string of the molecule is Nc1c(C(=O)O)sc2nc(N3CCC(NCC(O)c4cccc(=O)[nH]4)CC3)cc(C(F)(F)F)c12. The molecule has 0 amide bonds. The Kier molecular flexibility index (Phi) is 6.51. The Morgan fingerprint density at radius 3 is 2.68 bits per heavy atom. The van der Waals surface area contributed by atoms with Crippen LogP contribution in [0.1, 0.15) is 39.9 Å². The zero-order valence-corrected chi connectivity index (χ0v) is 18.5. The van der Waals surface area contributed by atoms with Crippen LogP contribution in [0.4, 0.5) is 24.7 Å². The Morgan fingerprint density at radius 2 is 2.06 bits per heavy atom. The van der Waals surface area contributed by atoms with Crippen molar-refractivity contribution in [3.05, 3.63) is 50.8 Å². The number of nitrogen functional groups attached to an aromatic ring is 1. The smallest absolute Gasteiger partial charge is 0.417 e. The Balaban J connectivity index is 1.47. The number of thiophene rings is 1. The molecule has 0 bridgehead atoms. The highest BCUT2D eigenvalue weighted by atomic mass is 32.1. The first kappa shape index (κ1) is 24.0. The van der Waals surface area contributed by atoms with Crippen molar-refractivity contribution in [3.8, 4) is 0 Å². The summed E-state index contributed by atoms with van der Waals surface area (Å²) in [5.41, 5.74) is 4.37. The number of rotatable bonds is 6. The van der Waals surface area contributed by atoms with Gasteiger partial charge in [-0.1, -0.05) is 6.07 Å². The van der Waals surface area contributed by atoms with Gasteiger partial charge in [0, 0.05) is 42.8 Å². The molecule has 4 rings (SSSR count). The molecular formula is C21H22F3N5O4S. The van der Waals surface area contributed by atoms with Gasteiger partial charge in [0.1, 0.15) is 21.6 Å². The topological polar surface area (TPSA) is 145 Å². The molecule has 182 valence electrons. The Morgan fingerprint density at radius 1 is 1.35 bits per heavy atom. The van der Waals surface area contributed by atoms with Gasteiger partial charge in [-0.15, -0.1) is 11.3 Å². The van der Waals surface area contributed by atoms with Crippen LogP contribution in [0.3, 0.4) is 0 Å². The van der Waals surface area contributed by atoms with E-state index in [0.717, 1.165) is 6.07 Å². The van der Waals surface area contributed by atoms with Gasteiger partial charge in [-0.3, -0.25) is 4.79 Å². The molecule has 4 heterocycles. The minimum atomic E-state index is -4.73. The molecule has 3 aromatic heterocycles. The highest BCUT2D eigenvalue weighted by molar-refractivity contribution is 7.21. The lowest BCUT2D eigenvalue weighted by molar-refractivity contribution is -0.136. The number of carboxylic acid groups (broad SMARTS) is 1. The summed E-state index contributed by atoms with van der Waals surface area (Å²) < 4.78 is 41.3. The highest BCUT2D eigenvalue weighted by Crippen LogP contribution is 2.43. The number of pyridine rings is 2. The zero-order valence-electron chi connectivity index (χ0n) is 17.7. The average molecular weight is 497 g/mol. The number of carboxylic acids is 1. The third kappa shape index (κ3) is 4.86. The van der Waals surface area contributed by atoms with E-state index in [0.29, 0.717) is 43.0 Å². The van der Waals surface area contributed by atoms with Crippen molar-refractivity contribution in [3.63, 3.8) is 0 Å². The number of alkyl halides is 3. The number of hydrogen-bond donors (Lipinski definition) is 5. The van der Waals surface area contributed by atoms with Crippen LogP contribution in [-0.4, -0.2) is 51.8 Å². The number of aromatic amines is 1. The van der Waals surface area contributed by atoms with Gasteiger partial charge < -0.3 is 31.1 Å². The van der Waals surface area contributed by atoms with Gasteiger partial charge in [-0.05, 0) is 25.0 Å². The molecular weight excluding hydrogens is 475 g/mol. The van der Waals surface area contributed by atoms with Crippen LogP contribution in [0.25, 0.3) is 10.2 Å². The predicted molar refractivity (Wildman–Crippen MR) is 121 cm³/mol. The Bertz CT molecular complexity index is 1270. The van der Waals surface area contributed by atoms with Crippen LogP contribution >= 0.6 is 11.3 Å². The van der Waals surface area contributed by atoms with Gasteiger partial charge in [-0.2, -0.15) is 13.2 Å². The number of aromatic carboxylic acids is 1. The summed E-state index contributed by atoms with van der Waals surface area (Å²) in [6.07, 6.45) is -4.45. The van der Waals surface area contributed by atoms with Crippen molar-refractivity contribution in [2.45, 2.75) is 31.2 Å². The molecule has 0 spiro atoms. The van der Waals surface area contributed by atoms with E-state index in [1.165, 1.54) is 6.07 Å². The Labute approximate surface area is 195 Å². The molecule has 1 aliphatic heterocycles. The summed E-state index contributed by atoms with van der Waals surface area (Å²) in [6.45, 7) is 1.04. The molecule has 0 aliphatic carbocycles. The molecule has 0 saturated carbocycles. The van der Waals surface area contributed by atoms with Crippen molar-refractivity contribution < 1.29 is 28.2 Å². The number of aliphatic hydroxyl groups is 1. The molecule has 1 atom stereocenters. The van der Waals surface area contributed by atoms with Crippen molar-refractivity contribution in [1.82, 2.24) is 15.3 Å². The summed E-state index contributed by atoms with van der Waals surface area (Å²) in [6, 6.07) is 5.45. The minimum Gasteiger partial charge on any atom is -0.477 e. The lowest BCUT2D eigenvalue weighted by Gasteiger charge is -2.34. The molecule has 1 fully saturated rings. The van der Waals surface area contributed by atoms with Gasteiger partial charge in [0.2, 0.25) is 5.56 Å². The number of nitrogens with zero attached hydrogens (tertiary/aromatic N) is 2. The zero-order chi connectivity index (χ0) is 24.6. The van der Waals surface area contributed by atoms with Gasteiger partial charge in [0.25, 0.3) is 0 Å². The maximum Gasteiger partial charge on any atom is 0.417 e. The molecule has 9 nitrogen and oxygen atoms in total. The van der Waals surface area contributed by atoms with Gasteiger partial charge in [0.15, 0.2) is 0 Å². The van der Waals surface area contributed by atoms with Gasteiger partial charge >= 0.3 is 12.1 Å². The number of aliphatic hydroxyl groups excluding tert-OH is 1. The molecule has 13 heteroatoms. The van der Waals surface area contributed by atoms with Crippen LogP contribution in [0.2, 0.25) is 0 Å². The maximum atomic E-state index is 13.8. The van der Waals surface area contributed by atoms with Gasteiger partial charge in [-0.25, -0.2) is 9.78 Å². The number of halogens is 3. The van der Waals surface area contributed by atoms with Crippen LogP contribution < -0.4 is 21.5 Å². The van der Waals surface area contributed by atoms with Crippen molar-refractivity contribution in [2.75, 3.05) is 30.3 Å². The second-order valence-corrected chi connectivity index (χ2v) is 9.01. The summed E-state index contributed by atoms with van der Waals surface area (Å²) in [5, 5.41) is 22.4. The van der Waals surface area contributed by atoms with E-state index in [4.69, 9.17) is 5.73 Å². The largest absolute Gasteiger partial charge is 0.477 e. The first-order valence-electron chi connectivity index (χ1n) is 10.4. The summed E-state index contributed by atoms with van der Waals surface area (Å²) in [4.78, 5) is 30.9. The van der Waals surface area contributed by atoms with Gasteiger partial charge in [0.05, 0.1) is 11.3 Å². The number of piperidine rings is 1. The highest BCUT2D eigenvalue weighted by Gasteiger charge is 2.37. The number of carbonyl (C=O) groups is 1. The lowest BCUT2D eigenvalue weighted by atomic mass is 10.0. The molecule has 1 aliphatic rings. The summed E-state index contributed by atoms with van der Waals surface area (Å²) >= 11 is 0.624. The van der Waals surface area contributed by atoms with E-state index >= 15 is 0 Å². The fourth-order valence-corrected chi connectivity index (χ4v) is 4.97. The standard InChI is InChI=1S/C21H22F3N5O4S/c22-21(23,24)11-8-14(28-19-16(11)17(25)18(34-19)20(32)33)29-6-4-10(5-7-29)26-9-13(30)12-2-1-3-15(31)27-12/h1-3,8,10,13,26,30H,4-7,9,25H2,(H,27,31)(H,32,33). The molecule has 34 heavy (non-hydrogen) atoms. The number of hydrogen-bond acceptors (Lipinski definition) is 8. The number of fused-ring (bicyclic) bond motifs is 1. The molecule has 0 radical (unpaired) electrons. The molecule has 6 N–H and O–H groups in total. The number of aromatic nitrogens is 2. The van der Waals surface area contributed by atoms with E-state index < -0.39 is 29.5 Å². The fourth-order valence-electron chi connectivity index (χ4n) is 4.01. The third-order valence-electron chi connectivity index (χ3n) is 5.75. The van der Waals surface area contributed by atoms with E-state index in [2.05, 4.69) is 15.3 Å². The number of nitrogens with one attached hydrogen (secondary N) is 2. The number of anilines is 2. The van der Waals surface area contributed by atoms with Crippen LogP contribution in [0.5, 0.6) is 0 Å². The normalized spacial score (nSPS) is 16.2. The lowest BCUT2D eigenvalue weighted by Crippen LogP contribution is -2.44. The van der Waals surface area contributed by atoms with Crippen LogP contribution in [0.15, 0.2) is 29.1 Å². The molecule has 3 aromatic rings. The average Bonchev–Trinajstić information content (AvgIpc) is 3.13. The second-order valence-electron chi connectivity index (χ2n) is 8.01. The second kappa shape index (κ2) is 9.24. The van der Waals surface area contributed by atoms with E-state index in [-0.39, 0.29) is 39.1 Å². The minimum absolute atomic E-state index is 0.0168. The first-order valence-corrected chi connectivity index (χ1v) is 11.3. The quantitative estimate of drug-likeness (QED) is 0.350. The maximum absolute atomic E-state index is 13.8. The molecule has 0 aromatic carbocycles.